The predicted molar refractivity (Wildman–Crippen MR) is 33.8 cm³/mol. The van der Waals surface area contributed by atoms with Crippen LogP contribution in [0.25, 0.3) is 0 Å². The number of imidazole rings is 1. The third-order valence-electron chi connectivity index (χ3n) is 0.910. The Hall–Kier alpha value is -1.19. The molecule has 0 saturated carbocycles. The van der Waals surface area contributed by atoms with Gasteiger partial charge in [0.05, 0.1) is 6.20 Å². The van der Waals surface area contributed by atoms with Crippen molar-refractivity contribution in [1.29, 1.82) is 0 Å². The minimum Gasteiger partial charge on any atom is -0.492 e. The van der Waals surface area contributed by atoms with Crippen molar-refractivity contribution in [2.24, 2.45) is 0 Å². The quantitative estimate of drug-likeness (QED) is 0.594. The Balaban J connectivity index is 2.61. The molecule has 0 fully saturated rings. The molecule has 4 heteroatoms. The molecule has 4 nitrogen and oxygen atoms in total. The molecule has 0 atom stereocenters. The normalized spacial score (nSPS) is 9.44. The zero-order valence-corrected chi connectivity index (χ0v) is 5.20. The maximum Gasteiger partial charge on any atom is 0.231 e. The molecule has 0 aliphatic carbocycles. The lowest BCUT2D eigenvalue weighted by Crippen LogP contribution is -2.10. The second-order valence-corrected chi connectivity index (χ2v) is 1.65. The molecule has 0 amide bonds. The molecule has 0 bridgehead atoms. The fraction of sp³-hybridized carbons (Fsp3) is 0.400. The van der Waals surface area contributed by atoms with Crippen LogP contribution in [0.15, 0.2) is 12.5 Å². The monoisotopic (exact) mass is 127 g/mol. The molecule has 9 heavy (non-hydrogen) atoms. The van der Waals surface area contributed by atoms with Gasteiger partial charge in [-0.05, 0) is 6.92 Å². The Morgan fingerprint density at radius 1 is 1.89 bits per heavy atom. The number of rotatable bonds is 2. The van der Waals surface area contributed by atoms with Crippen LogP contribution in [0.4, 0.5) is 0 Å². The highest BCUT2D eigenvalue weighted by molar-refractivity contribution is 5.01. The summed E-state index contributed by atoms with van der Waals surface area (Å²) in [6.45, 7) is 2.78. The van der Waals surface area contributed by atoms with Crippen LogP contribution >= 0.6 is 0 Å². The van der Waals surface area contributed by atoms with E-state index >= 15 is 0 Å². The summed E-state index contributed by atoms with van der Waals surface area (Å²) < 4.78 is 1.61. The van der Waals surface area contributed by atoms with Gasteiger partial charge in [-0.25, -0.2) is 4.98 Å². The zero-order valence-electron chi connectivity index (χ0n) is 5.20. The van der Waals surface area contributed by atoms with Crippen LogP contribution in [0.2, 0.25) is 0 Å². The van der Waals surface area contributed by atoms with Crippen LogP contribution in [0, 0.1) is 0 Å². The highest BCUT2D eigenvalue weighted by Crippen LogP contribution is 1.98. The van der Waals surface area contributed by atoms with Gasteiger partial charge >= 0.3 is 0 Å². The molecule has 2 N–H and O–H groups in total. The number of hydrogen-bond acceptors (Lipinski definition) is 3. The van der Waals surface area contributed by atoms with Crippen molar-refractivity contribution in [2.45, 2.75) is 6.92 Å². The van der Waals surface area contributed by atoms with E-state index in [1.54, 1.807) is 4.68 Å². The van der Waals surface area contributed by atoms with E-state index in [2.05, 4.69) is 10.4 Å². The van der Waals surface area contributed by atoms with Crippen molar-refractivity contribution < 1.29 is 5.11 Å². The van der Waals surface area contributed by atoms with E-state index in [0.29, 0.717) is 0 Å². The van der Waals surface area contributed by atoms with E-state index in [1.165, 1.54) is 12.5 Å². The van der Waals surface area contributed by atoms with Crippen molar-refractivity contribution >= 4 is 0 Å². The first-order valence-electron chi connectivity index (χ1n) is 2.79. The topological polar surface area (TPSA) is 50.1 Å². The highest BCUT2D eigenvalue weighted by atomic mass is 16.3. The molecule has 0 spiro atoms. The average Bonchev–Trinajstić information content (AvgIpc) is 2.17. The summed E-state index contributed by atoms with van der Waals surface area (Å²) in [6, 6.07) is 0. The van der Waals surface area contributed by atoms with Gasteiger partial charge in [-0.1, -0.05) is 0 Å². The Bertz CT molecular complexity index is 184. The average molecular weight is 127 g/mol. The molecule has 1 rings (SSSR count). The number of nitrogens with zero attached hydrogens (tertiary/aromatic N) is 2. The van der Waals surface area contributed by atoms with Gasteiger partial charge in [0.1, 0.15) is 6.33 Å². The molecule has 1 aromatic heterocycles. The Kier molecular flexibility index (Phi) is 1.58. The molecule has 1 heterocycles. The Morgan fingerprint density at radius 2 is 2.67 bits per heavy atom. The van der Waals surface area contributed by atoms with Crippen LogP contribution in [0.1, 0.15) is 6.92 Å². The largest absolute Gasteiger partial charge is 0.492 e. The van der Waals surface area contributed by atoms with Crippen molar-refractivity contribution in [3.8, 4) is 5.88 Å². The van der Waals surface area contributed by atoms with Crippen LogP contribution in [-0.4, -0.2) is 21.3 Å². The minimum absolute atomic E-state index is 0.0379. The molecule has 0 saturated heterocycles. The summed E-state index contributed by atoms with van der Waals surface area (Å²) >= 11 is 0. The first kappa shape index (κ1) is 5.94. The maximum atomic E-state index is 8.71. The van der Waals surface area contributed by atoms with Crippen molar-refractivity contribution in [3.05, 3.63) is 12.5 Å². The summed E-state index contributed by atoms with van der Waals surface area (Å²) in [5.41, 5.74) is 2.92. The molecule has 0 aliphatic rings. The second kappa shape index (κ2) is 2.39. The van der Waals surface area contributed by atoms with Gasteiger partial charge < -0.3 is 10.5 Å². The molecule has 0 unspecified atom stereocenters. The van der Waals surface area contributed by atoms with Gasteiger partial charge in [0, 0.05) is 6.54 Å². The lowest BCUT2D eigenvalue weighted by atomic mass is 10.8. The van der Waals surface area contributed by atoms with E-state index in [9.17, 15) is 0 Å². The first-order valence-corrected chi connectivity index (χ1v) is 2.79. The zero-order chi connectivity index (χ0) is 6.69. The van der Waals surface area contributed by atoms with E-state index in [4.69, 9.17) is 5.11 Å². The van der Waals surface area contributed by atoms with E-state index in [-0.39, 0.29) is 5.88 Å². The highest BCUT2D eigenvalue weighted by Gasteiger charge is 1.89. The van der Waals surface area contributed by atoms with Crippen molar-refractivity contribution in [3.63, 3.8) is 0 Å². The fourth-order valence-electron chi connectivity index (χ4n) is 0.581. The summed E-state index contributed by atoms with van der Waals surface area (Å²) in [5.74, 6) is 0.0379. The maximum absolute atomic E-state index is 8.71. The molecule has 0 radical (unpaired) electrons. The second-order valence-electron chi connectivity index (χ2n) is 1.65. The lowest BCUT2D eigenvalue weighted by Gasteiger charge is -1.99. The standard InChI is InChI=1S/C5H9N3O/c1-2-7-8-3-5(9)6-4-8/h3-4,7,9H,2H2,1H3. The Labute approximate surface area is 53.1 Å². The van der Waals surface area contributed by atoms with Gasteiger partial charge in [0.15, 0.2) is 0 Å². The SMILES string of the molecule is CCNn1cnc(O)c1. The van der Waals surface area contributed by atoms with Crippen LogP contribution in [0.3, 0.4) is 0 Å². The number of hydrogen-bond donors (Lipinski definition) is 2. The molecular weight excluding hydrogens is 118 g/mol. The summed E-state index contributed by atoms with van der Waals surface area (Å²) in [6.07, 6.45) is 3.02. The lowest BCUT2D eigenvalue weighted by molar-refractivity contribution is 0.456. The van der Waals surface area contributed by atoms with Crippen molar-refractivity contribution in [1.82, 2.24) is 9.66 Å². The van der Waals surface area contributed by atoms with E-state index in [0.717, 1.165) is 6.54 Å². The van der Waals surface area contributed by atoms with Gasteiger partial charge in [0.25, 0.3) is 0 Å². The first-order chi connectivity index (χ1) is 4.33. The van der Waals surface area contributed by atoms with E-state index < -0.39 is 0 Å². The summed E-state index contributed by atoms with van der Waals surface area (Å²) in [5, 5.41) is 8.71. The minimum atomic E-state index is 0.0379. The number of aromatic hydroxyl groups is 1. The Morgan fingerprint density at radius 3 is 3.11 bits per heavy atom. The van der Waals surface area contributed by atoms with Crippen LogP contribution in [0.5, 0.6) is 5.88 Å². The molecule has 50 valence electrons. The third kappa shape index (κ3) is 1.35. The fourth-order valence-corrected chi connectivity index (χ4v) is 0.581. The summed E-state index contributed by atoms with van der Waals surface area (Å²) in [4.78, 5) is 3.59. The molecule has 1 aromatic rings. The molecule has 0 aromatic carbocycles. The van der Waals surface area contributed by atoms with Gasteiger partial charge in [-0.3, -0.25) is 4.68 Å². The smallest absolute Gasteiger partial charge is 0.231 e. The molecule has 0 aliphatic heterocycles. The van der Waals surface area contributed by atoms with Gasteiger partial charge in [-0.2, -0.15) is 0 Å². The van der Waals surface area contributed by atoms with Crippen molar-refractivity contribution in [2.75, 3.05) is 12.0 Å². The van der Waals surface area contributed by atoms with Crippen LogP contribution < -0.4 is 5.43 Å². The number of nitrogens with one attached hydrogen (secondary N) is 1. The van der Waals surface area contributed by atoms with Gasteiger partial charge in [-0.15, -0.1) is 0 Å². The molecular formula is C5H9N3O. The van der Waals surface area contributed by atoms with E-state index in [1.807, 2.05) is 6.92 Å². The predicted octanol–water partition coefficient (Wildman–Crippen LogP) is 0.152. The van der Waals surface area contributed by atoms with Gasteiger partial charge in [0.2, 0.25) is 5.88 Å². The third-order valence-corrected chi connectivity index (χ3v) is 0.910. The summed E-state index contributed by atoms with van der Waals surface area (Å²) in [7, 11) is 0. The number of aromatic nitrogens is 2. The van der Waals surface area contributed by atoms with Crippen LogP contribution in [-0.2, 0) is 0 Å².